The molecule has 0 amide bonds. The summed E-state index contributed by atoms with van der Waals surface area (Å²) in [5.74, 6) is 1.70. The maximum absolute atomic E-state index is 11.5. The summed E-state index contributed by atoms with van der Waals surface area (Å²) in [4.78, 5) is 14.1. The van der Waals surface area contributed by atoms with Gasteiger partial charge in [-0.25, -0.2) is 0 Å². The molecule has 0 aromatic rings. The summed E-state index contributed by atoms with van der Waals surface area (Å²) in [7, 11) is 0. The molecule has 1 heterocycles. The Morgan fingerprint density at radius 3 is 2.47 bits per heavy atom. The summed E-state index contributed by atoms with van der Waals surface area (Å²) in [6.07, 6.45) is 9.23. The summed E-state index contributed by atoms with van der Waals surface area (Å²) >= 11 is 0. The summed E-state index contributed by atoms with van der Waals surface area (Å²) in [6, 6.07) is 0.778. The van der Waals surface area contributed by atoms with Crippen LogP contribution in [-0.4, -0.2) is 29.8 Å². The van der Waals surface area contributed by atoms with E-state index >= 15 is 0 Å². The minimum absolute atomic E-state index is 0.327. The molecule has 2 nitrogen and oxygen atoms in total. The predicted molar refractivity (Wildman–Crippen MR) is 71.0 cm³/mol. The lowest BCUT2D eigenvalue weighted by molar-refractivity contribution is -0.122. The molecule has 98 valence electrons. The largest absolute Gasteiger partial charge is 0.300 e. The van der Waals surface area contributed by atoms with Gasteiger partial charge in [0.15, 0.2) is 0 Å². The maximum Gasteiger partial charge on any atom is 0.134 e. The third kappa shape index (κ3) is 3.31. The van der Waals surface area contributed by atoms with E-state index in [1.165, 1.54) is 45.1 Å². The molecule has 0 spiro atoms. The van der Waals surface area contributed by atoms with Crippen LogP contribution in [0.25, 0.3) is 0 Å². The van der Waals surface area contributed by atoms with Gasteiger partial charge in [-0.05, 0) is 57.9 Å². The molecule has 0 bridgehead atoms. The van der Waals surface area contributed by atoms with E-state index in [2.05, 4.69) is 11.8 Å². The third-order valence-electron chi connectivity index (χ3n) is 4.94. The third-order valence-corrected chi connectivity index (χ3v) is 4.94. The first-order chi connectivity index (χ1) is 8.20. The number of piperidine rings is 1. The average molecular weight is 237 g/mol. The Hall–Kier alpha value is -0.370. The Bertz CT molecular complexity index is 256. The number of rotatable bonds is 3. The molecule has 1 aliphatic heterocycles. The molecule has 1 aliphatic carbocycles. The fourth-order valence-corrected chi connectivity index (χ4v) is 3.59. The van der Waals surface area contributed by atoms with Crippen LogP contribution in [0, 0.1) is 11.8 Å². The molecular formula is C15H27NO. The molecule has 0 aromatic heterocycles. The van der Waals surface area contributed by atoms with Crippen LogP contribution >= 0.6 is 0 Å². The van der Waals surface area contributed by atoms with Gasteiger partial charge < -0.3 is 0 Å². The van der Waals surface area contributed by atoms with Crippen LogP contribution in [0.4, 0.5) is 0 Å². The van der Waals surface area contributed by atoms with Crippen LogP contribution in [0.5, 0.6) is 0 Å². The summed E-state index contributed by atoms with van der Waals surface area (Å²) in [6.45, 7) is 6.35. The zero-order valence-electron chi connectivity index (χ0n) is 11.5. The van der Waals surface area contributed by atoms with Crippen molar-refractivity contribution in [2.75, 3.05) is 13.1 Å². The summed E-state index contributed by atoms with van der Waals surface area (Å²) in [5, 5.41) is 0. The molecule has 2 heteroatoms. The number of likely N-dealkylation sites (tertiary alicyclic amines) is 1. The second-order valence-corrected chi connectivity index (χ2v) is 6.03. The standard InChI is InChI=1S/C15H27NO/c1-3-13-6-8-15(9-7-13)16-10-4-5-14(11-16)12(2)17/h13-15H,3-11H2,1-2H3. The number of hydrogen-bond acceptors (Lipinski definition) is 2. The lowest BCUT2D eigenvalue weighted by Gasteiger charge is -2.40. The van der Waals surface area contributed by atoms with Crippen molar-refractivity contribution in [2.45, 2.75) is 64.8 Å². The number of carbonyl (C=O) groups is 1. The molecule has 1 saturated carbocycles. The SMILES string of the molecule is CCC1CCC(N2CCCC(C(C)=O)C2)CC1. The van der Waals surface area contributed by atoms with Crippen LogP contribution in [0.3, 0.4) is 0 Å². The average Bonchev–Trinajstić information content (AvgIpc) is 2.39. The number of nitrogens with zero attached hydrogens (tertiary/aromatic N) is 1. The van der Waals surface area contributed by atoms with Crippen LogP contribution in [0.1, 0.15) is 58.8 Å². The van der Waals surface area contributed by atoms with E-state index in [9.17, 15) is 4.79 Å². The lowest BCUT2D eigenvalue weighted by Crippen LogP contribution is -2.45. The minimum atomic E-state index is 0.327. The summed E-state index contributed by atoms with van der Waals surface area (Å²) < 4.78 is 0. The first-order valence-electron chi connectivity index (χ1n) is 7.45. The molecule has 0 aromatic carbocycles. The van der Waals surface area contributed by atoms with Gasteiger partial charge in [-0.2, -0.15) is 0 Å². The van der Waals surface area contributed by atoms with Gasteiger partial charge in [-0.1, -0.05) is 13.3 Å². The Labute approximate surface area is 106 Å². The Morgan fingerprint density at radius 2 is 1.88 bits per heavy atom. The smallest absolute Gasteiger partial charge is 0.134 e. The van der Waals surface area contributed by atoms with Gasteiger partial charge in [0.1, 0.15) is 5.78 Å². The van der Waals surface area contributed by atoms with Crippen molar-refractivity contribution in [1.82, 2.24) is 4.90 Å². The van der Waals surface area contributed by atoms with Gasteiger partial charge >= 0.3 is 0 Å². The second kappa shape index (κ2) is 5.99. The molecule has 1 atom stereocenters. The molecule has 0 N–H and O–H groups in total. The van der Waals surface area contributed by atoms with Crippen molar-refractivity contribution < 1.29 is 4.79 Å². The van der Waals surface area contributed by atoms with E-state index in [0.29, 0.717) is 11.7 Å². The Kier molecular flexibility index (Phi) is 4.61. The molecule has 2 aliphatic rings. The van der Waals surface area contributed by atoms with Crippen molar-refractivity contribution in [1.29, 1.82) is 0 Å². The molecule has 0 radical (unpaired) electrons. The van der Waals surface area contributed by atoms with Crippen molar-refractivity contribution in [3.8, 4) is 0 Å². The van der Waals surface area contributed by atoms with Crippen molar-refractivity contribution >= 4 is 5.78 Å². The number of Topliss-reactive ketones (excluding diaryl/α,β-unsaturated/α-hetero) is 1. The maximum atomic E-state index is 11.5. The number of ketones is 1. The van der Waals surface area contributed by atoms with Crippen LogP contribution in [-0.2, 0) is 4.79 Å². The number of carbonyl (C=O) groups excluding carboxylic acids is 1. The topological polar surface area (TPSA) is 20.3 Å². The molecule has 2 rings (SSSR count). The molecule has 17 heavy (non-hydrogen) atoms. The molecule has 1 unspecified atom stereocenters. The van der Waals surface area contributed by atoms with Crippen molar-refractivity contribution in [3.05, 3.63) is 0 Å². The van der Waals surface area contributed by atoms with E-state index < -0.39 is 0 Å². The lowest BCUT2D eigenvalue weighted by atomic mass is 9.82. The predicted octanol–water partition coefficient (Wildman–Crippen LogP) is 3.26. The van der Waals surface area contributed by atoms with Crippen molar-refractivity contribution in [2.24, 2.45) is 11.8 Å². The van der Waals surface area contributed by atoms with Crippen LogP contribution in [0.15, 0.2) is 0 Å². The highest BCUT2D eigenvalue weighted by atomic mass is 16.1. The fraction of sp³-hybridized carbons (Fsp3) is 0.933. The van der Waals surface area contributed by atoms with Crippen LogP contribution in [0.2, 0.25) is 0 Å². The first-order valence-corrected chi connectivity index (χ1v) is 7.45. The van der Waals surface area contributed by atoms with Gasteiger partial charge in [0.2, 0.25) is 0 Å². The Morgan fingerprint density at radius 1 is 1.18 bits per heavy atom. The van der Waals surface area contributed by atoms with E-state index in [4.69, 9.17) is 0 Å². The van der Waals surface area contributed by atoms with Gasteiger partial charge in [0.25, 0.3) is 0 Å². The first kappa shape index (κ1) is 13.1. The molecule has 2 fully saturated rings. The second-order valence-electron chi connectivity index (χ2n) is 6.03. The summed E-state index contributed by atoms with van der Waals surface area (Å²) in [5.41, 5.74) is 0. The highest BCUT2D eigenvalue weighted by Crippen LogP contribution is 2.31. The van der Waals surface area contributed by atoms with E-state index in [1.807, 2.05) is 0 Å². The normalized spacial score (nSPS) is 35.8. The molecular weight excluding hydrogens is 210 g/mol. The van der Waals surface area contributed by atoms with Gasteiger partial charge in [-0.15, -0.1) is 0 Å². The zero-order valence-corrected chi connectivity index (χ0v) is 11.5. The minimum Gasteiger partial charge on any atom is -0.300 e. The van der Waals surface area contributed by atoms with E-state index in [-0.39, 0.29) is 0 Å². The monoisotopic (exact) mass is 237 g/mol. The molecule has 1 saturated heterocycles. The zero-order chi connectivity index (χ0) is 12.3. The highest BCUT2D eigenvalue weighted by molar-refractivity contribution is 5.78. The van der Waals surface area contributed by atoms with Crippen LogP contribution < -0.4 is 0 Å². The Balaban J connectivity index is 1.84. The van der Waals surface area contributed by atoms with Gasteiger partial charge in [0.05, 0.1) is 0 Å². The number of hydrogen-bond donors (Lipinski definition) is 0. The van der Waals surface area contributed by atoms with Crippen molar-refractivity contribution in [3.63, 3.8) is 0 Å². The fourth-order valence-electron chi connectivity index (χ4n) is 3.59. The van der Waals surface area contributed by atoms with E-state index in [1.54, 1.807) is 6.92 Å². The van der Waals surface area contributed by atoms with E-state index in [0.717, 1.165) is 24.9 Å². The van der Waals surface area contributed by atoms with Gasteiger partial charge in [-0.3, -0.25) is 9.69 Å². The van der Waals surface area contributed by atoms with Gasteiger partial charge in [0, 0.05) is 18.5 Å². The quantitative estimate of drug-likeness (QED) is 0.751. The highest BCUT2D eigenvalue weighted by Gasteiger charge is 2.30.